The first-order valence-corrected chi connectivity index (χ1v) is 10.7. The van der Waals surface area contributed by atoms with E-state index in [9.17, 15) is 4.39 Å². The van der Waals surface area contributed by atoms with Crippen LogP contribution in [0.25, 0.3) is 0 Å². The summed E-state index contributed by atoms with van der Waals surface area (Å²) >= 11 is 2.04. The van der Waals surface area contributed by atoms with E-state index >= 15 is 0 Å². The van der Waals surface area contributed by atoms with E-state index in [4.69, 9.17) is 4.74 Å². The van der Waals surface area contributed by atoms with Crippen LogP contribution in [-0.4, -0.2) is 67.8 Å². The third kappa shape index (κ3) is 5.83. The van der Waals surface area contributed by atoms with E-state index in [-0.39, 0.29) is 16.6 Å². The lowest BCUT2D eigenvalue weighted by atomic mass is 10.0. The van der Waals surface area contributed by atoms with Gasteiger partial charge in [-0.25, -0.2) is 4.39 Å². The van der Waals surface area contributed by atoms with E-state index in [2.05, 4.69) is 27.4 Å². The van der Waals surface area contributed by atoms with Crippen LogP contribution in [0, 0.1) is 5.82 Å². The second-order valence-corrected chi connectivity index (χ2v) is 9.11. The van der Waals surface area contributed by atoms with Gasteiger partial charge >= 0.3 is 0 Å². The van der Waals surface area contributed by atoms with Crippen LogP contribution in [-0.2, 0) is 4.74 Å². The minimum absolute atomic E-state index is 0.157. The van der Waals surface area contributed by atoms with E-state index in [0.29, 0.717) is 0 Å². The summed E-state index contributed by atoms with van der Waals surface area (Å²) in [6, 6.07) is 6.99. The van der Waals surface area contributed by atoms with E-state index in [1.807, 2.05) is 23.9 Å². The van der Waals surface area contributed by atoms with Crippen molar-refractivity contribution < 1.29 is 9.13 Å². The molecule has 2 heterocycles. The number of hydrogen-bond acceptors (Lipinski definition) is 4. The van der Waals surface area contributed by atoms with Gasteiger partial charge in [-0.1, -0.05) is 12.1 Å². The number of aliphatic imine (C=N–C) groups is 1. The Hall–Kier alpha value is -1.31. The first-order chi connectivity index (χ1) is 13.1. The molecule has 2 aliphatic heterocycles. The number of morpholine rings is 1. The molecule has 2 N–H and O–H groups in total. The number of halogens is 1. The van der Waals surface area contributed by atoms with Crippen LogP contribution in [0.1, 0.15) is 31.4 Å². The van der Waals surface area contributed by atoms with Crippen molar-refractivity contribution in [3.8, 4) is 0 Å². The molecule has 1 aromatic carbocycles. The lowest BCUT2D eigenvalue weighted by Crippen LogP contribution is -2.48. The van der Waals surface area contributed by atoms with Crippen LogP contribution in [0.5, 0.6) is 0 Å². The van der Waals surface area contributed by atoms with Gasteiger partial charge in [-0.2, -0.15) is 11.8 Å². The fourth-order valence-corrected chi connectivity index (χ4v) is 4.94. The van der Waals surface area contributed by atoms with Crippen molar-refractivity contribution in [2.75, 3.05) is 52.2 Å². The maximum atomic E-state index is 13.4. The normalized spacial score (nSPS) is 25.4. The van der Waals surface area contributed by atoms with Gasteiger partial charge in [0.05, 0.1) is 19.3 Å². The van der Waals surface area contributed by atoms with E-state index in [1.54, 1.807) is 7.05 Å². The summed E-state index contributed by atoms with van der Waals surface area (Å²) in [7, 11) is 1.81. The summed E-state index contributed by atoms with van der Waals surface area (Å²) in [6.07, 6.45) is 2.53. The predicted molar refractivity (Wildman–Crippen MR) is 111 cm³/mol. The molecular weight excluding hydrogens is 363 g/mol. The molecule has 2 aliphatic rings. The summed E-state index contributed by atoms with van der Waals surface area (Å²) in [5.74, 6) is 1.87. The van der Waals surface area contributed by atoms with Crippen molar-refractivity contribution in [2.45, 2.75) is 30.6 Å². The van der Waals surface area contributed by atoms with Crippen LogP contribution in [0.3, 0.4) is 0 Å². The van der Waals surface area contributed by atoms with Gasteiger partial charge < -0.3 is 15.4 Å². The van der Waals surface area contributed by atoms with Gasteiger partial charge in [0.2, 0.25) is 0 Å². The fourth-order valence-electron chi connectivity index (χ4n) is 3.69. The predicted octanol–water partition coefficient (Wildman–Crippen LogP) is 2.65. The molecule has 0 amide bonds. The van der Waals surface area contributed by atoms with Crippen molar-refractivity contribution in [1.29, 1.82) is 0 Å². The number of guanidine groups is 1. The number of thioether (sulfide) groups is 1. The molecule has 3 rings (SSSR count). The Bertz CT molecular complexity index is 613. The topological polar surface area (TPSA) is 48.9 Å². The molecule has 5 nitrogen and oxygen atoms in total. The average Bonchev–Trinajstić information content (AvgIpc) is 3.13. The van der Waals surface area contributed by atoms with E-state index < -0.39 is 0 Å². The van der Waals surface area contributed by atoms with Crippen LogP contribution < -0.4 is 10.6 Å². The maximum absolute atomic E-state index is 13.4. The van der Waals surface area contributed by atoms with Gasteiger partial charge in [-0.05, 0) is 43.2 Å². The minimum atomic E-state index is -0.202. The Morgan fingerprint density at radius 3 is 2.67 bits per heavy atom. The summed E-state index contributed by atoms with van der Waals surface area (Å²) < 4.78 is 19.2. The van der Waals surface area contributed by atoms with Gasteiger partial charge in [-0.3, -0.25) is 9.89 Å². The number of benzene rings is 1. The largest absolute Gasteiger partial charge is 0.379 e. The number of nitrogens with zero attached hydrogens (tertiary/aromatic N) is 2. The highest BCUT2D eigenvalue weighted by atomic mass is 32.2. The molecule has 0 radical (unpaired) electrons. The van der Waals surface area contributed by atoms with E-state index in [1.165, 1.54) is 30.7 Å². The molecule has 2 fully saturated rings. The van der Waals surface area contributed by atoms with Crippen LogP contribution in [0.2, 0.25) is 0 Å². The molecule has 2 saturated heterocycles. The summed E-state index contributed by atoms with van der Waals surface area (Å²) in [4.78, 5) is 6.78. The highest BCUT2D eigenvalue weighted by Crippen LogP contribution is 2.36. The third-order valence-corrected chi connectivity index (χ3v) is 6.90. The molecule has 1 aromatic rings. The molecule has 0 bridgehead atoms. The third-order valence-electron chi connectivity index (χ3n) is 5.36. The maximum Gasteiger partial charge on any atom is 0.191 e. The first kappa shape index (κ1) is 20.4. The van der Waals surface area contributed by atoms with Crippen molar-refractivity contribution >= 4 is 17.7 Å². The van der Waals surface area contributed by atoms with Gasteiger partial charge in [0.15, 0.2) is 5.96 Å². The average molecular weight is 395 g/mol. The first-order valence-electron chi connectivity index (χ1n) is 9.75. The molecular formula is C20H31FN4OS. The molecule has 0 aromatic heterocycles. The van der Waals surface area contributed by atoms with Crippen LogP contribution in [0.15, 0.2) is 29.3 Å². The molecule has 0 aliphatic carbocycles. The standard InChI is InChI=1S/C20H31FN4OS/c1-20(8-3-13-27-20)15-24-19(22-2)23-14-18(25-9-11-26-12-10-25)16-4-6-17(21)7-5-16/h4-7,18H,3,8-15H2,1-2H3,(H2,22,23,24). The second-order valence-electron chi connectivity index (χ2n) is 7.42. The Morgan fingerprint density at radius 2 is 2.04 bits per heavy atom. The minimum Gasteiger partial charge on any atom is -0.379 e. The van der Waals surface area contributed by atoms with Crippen LogP contribution >= 0.6 is 11.8 Å². The van der Waals surface area contributed by atoms with E-state index in [0.717, 1.165) is 50.9 Å². The second kappa shape index (κ2) is 9.75. The van der Waals surface area contributed by atoms with Crippen molar-refractivity contribution in [1.82, 2.24) is 15.5 Å². The molecule has 0 spiro atoms. The summed E-state index contributed by atoms with van der Waals surface area (Å²) in [6.45, 7) is 7.18. The van der Waals surface area contributed by atoms with Gasteiger partial charge in [0, 0.05) is 38.0 Å². The Labute approximate surface area is 166 Å². The summed E-state index contributed by atoms with van der Waals surface area (Å²) in [5.41, 5.74) is 1.11. The zero-order chi connectivity index (χ0) is 19.1. The van der Waals surface area contributed by atoms with Crippen molar-refractivity contribution in [2.24, 2.45) is 4.99 Å². The molecule has 2 atom stereocenters. The van der Waals surface area contributed by atoms with Gasteiger partial charge in [0.25, 0.3) is 0 Å². The number of ether oxygens (including phenoxy) is 1. The molecule has 0 saturated carbocycles. The lowest BCUT2D eigenvalue weighted by molar-refractivity contribution is 0.0170. The van der Waals surface area contributed by atoms with Crippen molar-refractivity contribution in [3.63, 3.8) is 0 Å². The quantitative estimate of drug-likeness (QED) is 0.574. The fraction of sp³-hybridized carbons (Fsp3) is 0.650. The summed E-state index contributed by atoms with van der Waals surface area (Å²) in [5, 5.41) is 6.96. The van der Waals surface area contributed by atoms with Gasteiger partial charge in [-0.15, -0.1) is 0 Å². The highest BCUT2D eigenvalue weighted by molar-refractivity contribution is 8.00. The zero-order valence-electron chi connectivity index (χ0n) is 16.3. The molecule has 7 heteroatoms. The Morgan fingerprint density at radius 1 is 1.30 bits per heavy atom. The number of rotatable bonds is 6. The zero-order valence-corrected chi connectivity index (χ0v) is 17.2. The molecule has 27 heavy (non-hydrogen) atoms. The highest BCUT2D eigenvalue weighted by Gasteiger charge is 2.29. The number of hydrogen-bond donors (Lipinski definition) is 2. The number of nitrogens with one attached hydrogen (secondary N) is 2. The lowest BCUT2D eigenvalue weighted by Gasteiger charge is -2.35. The Balaban J connectivity index is 1.61. The van der Waals surface area contributed by atoms with Gasteiger partial charge in [0.1, 0.15) is 5.82 Å². The molecule has 2 unspecified atom stereocenters. The monoisotopic (exact) mass is 394 g/mol. The Kier molecular flexibility index (Phi) is 7.38. The molecule has 150 valence electrons. The smallest absolute Gasteiger partial charge is 0.191 e. The van der Waals surface area contributed by atoms with Crippen LogP contribution in [0.4, 0.5) is 4.39 Å². The van der Waals surface area contributed by atoms with Crippen molar-refractivity contribution in [3.05, 3.63) is 35.6 Å². The SMILES string of the molecule is CN=C(NCC(c1ccc(F)cc1)N1CCOCC1)NCC1(C)CCCS1.